The zero-order valence-corrected chi connectivity index (χ0v) is 9.75. The lowest BCUT2D eigenvalue weighted by Gasteiger charge is -2.31. The highest BCUT2D eigenvalue weighted by Gasteiger charge is 2.27. The molecule has 0 bridgehead atoms. The molecule has 82 valence electrons. The molecule has 0 saturated heterocycles. The lowest BCUT2D eigenvalue weighted by Crippen LogP contribution is -2.36. The second-order valence-corrected chi connectivity index (χ2v) is 5.29. The number of hydrogen-bond acceptors (Lipinski definition) is 2. The van der Waals surface area contributed by atoms with Gasteiger partial charge in [0.05, 0.1) is 6.61 Å². The van der Waals surface area contributed by atoms with Crippen LogP contribution in [0.5, 0.6) is 0 Å². The maximum absolute atomic E-state index is 9.08. The van der Waals surface area contributed by atoms with E-state index in [9.17, 15) is 0 Å². The van der Waals surface area contributed by atoms with Crippen LogP contribution in [0, 0.1) is 0 Å². The molecule has 1 N–H and O–H groups in total. The Bertz CT molecular complexity index is 365. The molecule has 2 nitrogen and oxygen atoms in total. The van der Waals surface area contributed by atoms with Crippen LogP contribution in [0.25, 0.3) is 0 Å². The van der Waals surface area contributed by atoms with Gasteiger partial charge >= 0.3 is 0 Å². The summed E-state index contributed by atoms with van der Waals surface area (Å²) in [6.07, 6.45) is 0. The minimum atomic E-state index is 0.142. The van der Waals surface area contributed by atoms with Crippen LogP contribution in [0.4, 0.5) is 0 Å². The van der Waals surface area contributed by atoms with E-state index in [0.717, 1.165) is 18.7 Å². The number of aliphatic hydroxyl groups is 1. The Kier molecular flexibility index (Phi) is 2.57. The molecule has 2 rings (SSSR count). The number of benzene rings is 1. The van der Waals surface area contributed by atoms with Gasteiger partial charge in [0.15, 0.2) is 0 Å². The lowest BCUT2D eigenvalue weighted by atomic mass is 10.1. The summed E-state index contributed by atoms with van der Waals surface area (Å²) in [5.74, 6) is 0. The van der Waals surface area contributed by atoms with Crippen molar-refractivity contribution in [1.29, 1.82) is 0 Å². The molecule has 0 amide bonds. The van der Waals surface area contributed by atoms with Gasteiger partial charge in [-0.1, -0.05) is 18.2 Å². The summed E-state index contributed by atoms with van der Waals surface area (Å²) < 4.78 is 0. The molecule has 15 heavy (non-hydrogen) atoms. The van der Waals surface area contributed by atoms with Gasteiger partial charge in [0.2, 0.25) is 0 Å². The second kappa shape index (κ2) is 3.62. The van der Waals surface area contributed by atoms with Crippen LogP contribution in [0.15, 0.2) is 18.2 Å². The first-order chi connectivity index (χ1) is 7.00. The highest BCUT2D eigenvalue weighted by Crippen LogP contribution is 2.29. The standard InChI is InChI=1S/C13H19NO/c1-13(2,3)14-7-11-5-4-10(9-15)6-12(11)8-14/h4-6,15H,7-9H2,1-3H3. The monoisotopic (exact) mass is 205 g/mol. The summed E-state index contributed by atoms with van der Waals surface area (Å²) in [7, 11) is 0. The van der Waals surface area contributed by atoms with Crippen molar-refractivity contribution in [3.63, 3.8) is 0 Å². The topological polar surface area (TPSA) is 23.5 Å². The first kappa shape index (κ1) is 10.7. The van der Waals surface area contributed by atoms with Crippen LogP contribution in [-0.2, 0) is 19.7 Å². The summed E-state index contributed by atoms with van der Waals surface area (Å²) in [5.41, 5.74) is 4.02. The normalized spacial score (nSPS) is 16.8. The molecule has 0 saturated carbocycles. The molecule has 1 aromatic carbocycles. The van der Waals surface area contributed by atoms with E-state index in [2.05, 4.69) is 37.8 Å². The van der Waals surface area contributed by atoms with Crippen molar-refractivity contribution in [2.24, 2.45) is 0 Å². The molecule has 0 aromatic heterocycles. The number of nitrogens with zero attached hydrogens (tertiary/aromatic N) is 1. The molecule has 0 radical (unpaired) electrons. The largest absolute Gasteiger partial charge is 0.392 e. The SMILES string of the molecule is CC(C)(C)N1Cc2ccc(CO)cc2C1. The maximum atomic E-state index is 9.08. The van der Waals surface area contributed by atoms with Gasteiger partial charge in [0, 0.05) is 18.6 Å². The van der Waals surface area contributed by atoms with Gasteiger partial charge < -0.3 is 5.11 Å². The average Bonchev–Trinajstić information content (AvgIpc) is 2.59. The molecular formula is C13H19NO. The first-order valence-corrected chi connectivity index (χ1v) is 5.47. The Morgan fingerprint density at radius 2 is 1.87 bits per heavy atom. The minimum absolute atomic E-state index is 0.142. The van der Waals surface area contributed by atoms with Crippen LogP contribution in [0.1, 0.15) is 37.5 Å². The number of hydrogen-bond donors (Lipinski definition) is 1. The number of rotatable bonds is 1. The van der Waals surface area contributed by atoms with Gasteiger partial charge in [-0.05, 0) is 37.5 Å². The highest BCUT2D eigenvalue weighted by atomic mass is 16.3. The summed E-state index contributed by atoms with van der Waals surface area (Å²) in [6, 6.07) is 6.29. The minimum Gasteiger partial charge on any atom is -0.392 e. The van der Waals surface area contributed by atoms with Crippen molar-refractivity contribution >= 4 is 0 Å². The summed E-state index contributed by atoms with van der Waals surface area (Å²) in [5, 5.41) is 9.08. The fourth-order valence-corrected chi connectivity index (χ4v) is 2.02. The van der Waals surface area contributed by atoms with Gasteiger partial charge in [0.25, 0.3) is 0 Å². The summed E-state index contributed by atoms with van der Waals surface area (Å²) in [6.45, 7) is 8.91. The van der Waals surface area contributed by atoms with E-state index >= 15 is 0 Å². The number of fused-ring (bicyclic) bond motifs is 1. The first-order valence-electron chi connectivity index (χ1n) is 5.47. The molecule has 0 unspecified atom stereocenters. The summed E-state index contributed by atoms with van der Waals surface area (Å²) >= 11 is 0. The predicted molar refractivity (Wildman–Crippen MR) is 61.4 cm³/mol. The fraction of sp³-hybridized carbons (Fsp3) is 0.538. The van der Waals surface area contributed by atoms with E-state index in [-0.39, 0.29) is 12.1 Å². The van der Waals surface area contributed by atoms with E-state index < -0.39 is 0 Å². The van der Waals surface area contributed by atoms with Crippen molar-refractivity contribution < 1.29 is 5.11 Å². The zero-order chi connectivity index (χ0) is 11.1. The van der Waals surface area contributed by atoms with Crippen LogP contribution < -0.4 is 0 Å². The Morgan fingerprint density at radius 3 is 2.47 bits per heavy atom. The predicted octanol–water partition coefficient (Wildman–Crippen LogP) is 2.29. The maximum Gasteiger partial charge on any atom is 0.0681 e. The van der Waals surface area contributed by atoms with Crippen molar-refractivity contribution in [3.8, 4) is 0 Å². The fourth-order valence-electron chi connectivity index (χ4n) is 2.02. The molecule has 1 aliphatic heterocycles. The lowest BCUT2D eigenvalue weighted by molar-refractivity contribution is 0.136. The molecule has 1 heterocycles. The van der Waals surface area contributed by atoms with Gasteiger partial charge in [-0.25, -0.2) is 0 Å². The third kappa shape index (κ3) is 2.06. The molecule has 0 aliphatic carbocycles. The third-order valence-corrected chi connectivity index (χ3v) is 3.12. The molecule has 2 heteroatoms. The van der Waals surface area contributed by atoms with E-state index in [1.165, 1.54) is 11.1 Å². The van der Waals surface area contributed by atoms with Crippen molar-refractivity contribution in [2.45, 2.75) is 46.0 Å². The van der Waals surface area contributed by atoms with E-state index in [4.69, 9.17) is 5.11 Å². The molecule has 0 atom stereocenters. The van der Waals surface area contributed by atoms with Gasteiger partial charge in [-0.3, -0.25) is 4.90 Å². The zero-order valence-electron chi connectivity index (χ0n) is 9.75. The third-order valence-electron chi connectivity index (χ3n) is 3.12. The van der Waals surface area contributed by atoms with Crippen molar-refractivity contribution in [2.75, 3.05) is 0 Å². The van der Waals surface area contributed by atoms with Gasteiger partial charge in [-0.2, -0.15) is 0 Å². The van der Waals surface area contributed by atoms with Gasteiger partial charge in [-0.15, -0.1) is 0 Å². The molecule has 0 spiro atoms. The Morgan fingerprint density at radius 1 is 1.20 bits per heavy atom. The molecule has 1 aromatic rings. The smallest absolute Gasteiger partial charge is 0.0681 e. The Balaban J connectivity index is 2.24. The second-order valence-electron chi connectivity index (χ2n) is 5.29. The van der Waals surface area contributed by atoms with E-state index in [0.29, 0.717) is 0 Å². The van der Waals surface area contributed by atoms with E-state index in [1.807, 2.05) is 6.07 Å². The molecule has 1 aliphatic rings. The Labute approximate surface area is 91.5 Å². The van der Waals surface area contributed by atoms with E-state index in [1.54, 1.807) is 0 Å². The quantitative estimate of drug-likeness (QED) is 0.760. The van der Waals surface area contributed by atoms with Gasteiger partial charge in [0.1, 0.15) is 0 Å². The summed E-state index contributed by atoms with van der Waals surface area (Å²) in [4.78, 5) is 2.46. The van der Waals surface area contributed by atoms with Crippen LogP contribution in [0.2, 0.25) is 0 Å². The van der Waals surface area contributed by atoms with Crippen LogP contribution >= 0.6 is 0 Å². The molecular weight excluding hydrogens is 186 g/mol. The Hall–Kier alpha value is -0.860. The molecule has 0 fully saturated rings. The highest BCUT2D eigenvalue weighted by molar-refractivity contribution is 5.34. The van der Waals surface area contributed by atoms with Crippen LogP contribution in [-0.4, -0.2) is 15.5 Å². The van der Waals surface area contributed by atoms with Crippen LogP contribution in [0.3, 0.4) is 0 Å². The van der Waals surface area contributed by atoms with Crippen molar-refractivity contribution in [1.82, 2.24) is 4.90 Å². The van der Waals surface area contributed by atoms with Crippen molar-refractivity contribution in [3.05, 3.63) is 34.9 Å². The number of aliphatic hydroxyl groups excluding tert-OH is 1. The average molecular weight is 205 g/mol.